The molecule has 2 aromatic carbocycles. The number of amides is 1. The Labute approximate surface area is 153 Å². The van der Waals surface area contributed by atoms with Crippen LogP contribution < -0.4 is 10.6 Å². The Bertz CT molecular complexity index is 935. The molecule has 0 aliphatic carbocycles. The maximum absolute atomic E-state index is 13.6. The van der Waals surface area contributed by atoms with Gasteiger partial charge in [0.2, 0.25) is 0 Å². The molecular weight excluding hydrogens is 362 g/mol. The molecule has 132 valence electrons. The summed E-state index contributed by atoms with van der Waals surface area (Å²) >= 11 is 6.03. The quantitative estimate of drug-likeness (QED) is 0.706. The van der Waals surface area contributed by atoms with Crippen LogP contribution in [-0.2, 0) is 6.54 Å². The van der Waals surface area contributed by atoms with Gasteiger partial charge < -0.3 is 10.6 Å². The summed E-state index contributed by atoms with van der Waals surface area (Å²) in [4.78, 5) is 12.1. The van der Waals surface area contributed by atoms with Gasteiger partial charge in [0.15, 0.2) is 11.5 Å². The summed E-state index contributed by atoms with van der Waals surface area (Å²) in [7, 11) is 0. The van der Waals surface area contributed by atoms with Crippen LogP contribution in [0.25, 0.3) is 0 Å². The third kappa shape index (κ3) is 4.31. The highest BCUT2D eigenvalue weighted by Gasteiger charge is 2.10. The minimum absolute atomic E-state index is 0.0524. The molecule has 0 radical (unpaired) electrons. The number of halogens is 3. The molecule has 8 heteroatoms. The summed E-state index contributed by atoms with van der Waals surface area (Å²) in [5, 5.41) is 13.5. The molecule has 26 heavy (non-hydrogen) atoms. The zero-order valence-corrected chi connectivity index (χ0v) is 14.1. The van der Waals surface area contributed by atoms with Crippen molar-refractivity contribution in [3.05, 3.63) is 82.5 Å². The van der Waals surface area contributed by atoms with Crippen LogP contribution in [0.3, 0.4) is 0 Å². The Morgan fingerprint density at radius 1 is 1.04 bits per heavy atom. The monoisotopic (exact) mass is 374 g/mol. The number of hydrogen-bond donors (Lipinski definition) is 2. The molecule has 2 N–H and O–H groups in total. The molecule has 0 saturated carbocycles. The molecule has 0 unspecified atom stereocenters. The molecule has 0 aliphatic rings. The zero-order valence-electron chi connectivity index (χ0n) is 13.3. The van der Waals surface area contributed by atoms with Gasteiger partial charge in [0.1, 0.15) is 11.6 Å². The largest absolute Gasteiger partial charge is 0.347 e. The van der Waals surface area contributed by atoms with E-state index in [1.807, 2.05) is 6.07 Å². The van der Waals surface area contributed by atoms with Crippen LogP contribution in [0.15, 0.2) is 54.6 Å². The molecule has 3 rings (SSSR count). The van der Waals surface area contributed by atoms with E-state index in [1.165, 1.54) is 18.2 Å². The highest BCUT2D eigenvalue weighted by atomic mass is 35.5. The number of carbonyl (C=O) groups excluding carboxylic acids is 1. The lowest BCUT2D eigenvalue weighted by molar-refractivity contribution is 0.0945. The summed E-state index contributed by atoms with van der Waals surface area (Å²) in [6.45, 7) is 0.251. The van der Waals surface area contributed by atoms with Gasteiger partial charge in [-0.2, -0.15) is 0 Å². The van der Waals surface area contributed by atoms with Crippen LogP contribution in [0.5, 0.6) is 0 Å². The summed E-state index contributed by atoms with van der Waals surface area (Å²) < 4.78 is 26.5. The maximum atomic E-state index is 13.6. The molecule has 0 saturated heterocycles. The van der Waals surface area contributed by atoms with Crippen molar-refractivity contribution in [1.29, 1.82) is 0 Å². The van der Waals surface area contributed by atoms with Crippen molar-refractivity contribution in [1.82, 2.24) is 15.5 Å². The Morgan fingerprint density at radius 2 is 1.85 bits per heavy atom. The Kier molecular flexibility index (Phi) is 5.38. The van der Waals surface area contributed by atoms with Gasteiger partial charge in [-0.15, -0.1) is 10.2 Å². The number of rotatable bonds is 5. The number of benzene rings is 2. The predicted octanol–water partition coefficient (Wildman–Crippen LogP) is 4.08. The highest BCUT2D eigenvalue weighted by molar-refractivity contribution is 6.31. The summed E-state index contributed by atoms with van der Waals surface area (Å²) in [6.07, 6.45) is 0. The van der Waals surface area contributed by atoms with E-state index in [9.17, 15) is 13.6 Å². The number of aromatic nitrogens is 2. The number of nitrogens with zero attached hydrogens (tertiary/aromatic N) is 2. The van der Waals surface area contributed by atoms with Gasteiger partial charge in [0.05, 0.1) is 5.69 Å². The topological polar surface area (TPSA) is 66.9 Å². The van der Waals surface area contributed by atoms with E-state index in [0.717, 1.165) is 17.7 Å². The molecule has 0 atom stereocenters. The minimum atomic E-state index is -0.756. The second kappa shape index (κ2) is 7.88. The van der Waals surface area contributed by atoms with E-state index in [1.54, 1.807) is 18.2 Å². The molecule has 1 heterocycles. The van der Waals surface area contributed by atoms with Crippen molar-refractivity contribution >= 4 is 29.0 Å². The number of anilines is 2. The van der Waals surface area contributed by atoms with Crippen LogP contribution in [0, 0.1) is 11.6 Å². The second-order valence-electron chi connectivity index (χ2n) is 5.33. The minimum Gasteiger partial charge on any atom is -0.347 e. The lowest BCUT2D eigenvalue weighted by Crippen LogP contribution is -2.24. The number of nitrogens with one attached hydrogen (secondary N) is 2. The van der Waals surface area contributed by atoms with E-state index in [-0.39, 0.29) is 23.7 Å². The molecule has 0 bridgehead atoms. The van der Waals surface area contributed by atoms with E-state index in [4.69, 9.17) is 11.6 Å². The first-order chi connectivity index (χ1) is 12.5. The van der Waals surface area contributed by atoms with Crippen molar-refractivity contribution in [3.63, 3.8) is 0 Å². The van der Waals surface area contributed by atoms with Gasteiger partial charge >= 0.3 is 0 Å². The summed E-state index contributed by atoms with van der Waals surface area (Å²) in [6, 6.07) is 13.2. The van der Waals surface area contributed by atoms with Crippen molar-refractivity contribution in [2.75, 3.05) is 5.32 Å². The average molecular weight is 375 g/mol. The first kappa shape index (κ1) is 17.8. The molecular formula is C18H13ClF2N4O. The van der Waals surface area contributed by atoms with Gasteiger partial charge in [-0.3, -0.25) is 4.79 Å². The van der Waals surface area contributed by atoms with Crippen LogP contribution >= 0.6 is 11.6 Å². The predicted molar refractivity (Wildman–Crippen MR) is 94.3 cm³/mol. The van der Waals surface area contributed by atoms with E-state index >= 15 is 0 Å². The van der Waals surface area contributed by atoms with Gasteiger partial charge in [0.25, 0.3) is 5.91 Å². The summed E-state index contributed by atoms with van der Waals surface area (Å²) in [5.41, 5.74) is 0.930. The smallest absolute Gasteiger partial charge is 0.272 e. The summed E-state index contributed by atoms with van der Waals surface area (Å²) in [5.74, 6) is -1.63. The molecule has 1 aromatic heterocycles. The standard InChI is InChI=1S/C18H13ClF2N4O/c19-13-4-2-1-3-11(13)10-22-18(26)16-7-8-17(25-24-16)23-15-6-5-12(20)9-14(15)21/h1-9H,10H2,(H,22,26)(H,23,25). The fraction of sp³-hybridized carbons (Fsp3) is 0.0556. The third-order valence-corrected chi connectivity index (χ3v) is 3.86. The maximum Gasteiger partial charge on any atom is 0.272 e. The molecule has 0 aliphatic heterocycles. The third-order valence-electron chi connectivity index (χ3n) is 3.49. The normalized spacial score (nSPS) is 10.4. The van der Waals surface area contributed by atoms with Crippen LogP contribution in [0.4, 0.5) is 20.3 Å². The van der Waals surface area contributed by atoms with Gasteiger partial charge in [-0.1, -0.05) is 29.8 Å². The van der Waals surface area contributed by atoms with Crippen LogP contribution in [0.2, 0.25) is 5.02 Å². The van der Waals surface area contributed by atoms with Crippen molar-refractivity contribution < 1.29 is 13.6 Å². The number of carbonyl (C=O) groups is 1. The average Bonchev–Trinajstić information content (AvgIpc) is 2.64. The first-order valence-electron chi connectivity index (χ1n) is 7.60. The Morgan fingerprint density at radius 3 is 2.54 bits per heavy atom. The van der Waals surface area contributed by atoms with Crippen LogP contribution in [-0.4, -0.2) is 16.1 Å². The highest BCUT2D eigenvalue weighted by Crippen LogP contribution is 2.19. The zero-order chi connectivity index (χ0) is 18.5. The fourth-order valence-electron chi connectivity index (χ4n) is 2.16. The molecule has 0 spiro atoms. The van der Waals surface area contributed by atoms with E-state index in [0.29, 0.717) is 5.02 Å². The van der Waals surface area contributed by atoms with Gasteiger partial charge in [0, 0.05) is 17.6 Å². The Balaban J connectivity index is 1.63. The fourth-order valence-corrected chi connectivity index (χ4v) is 2.36. The SMILES string of the molecule is O=C(NCc1ccccc1Cl)c1ccc(Nc2ccc(F)cc2F)nn1. The molecule has 0 fully saturated rings. The van der Waals surface area contributed by atoms with Gasteiger partial charge in [-0.25, -0.2) is 8.78 Å². The van der Waals surface area contributed by atoms with Crippen molar-refractivity contribution in [2.45, 2.75) is 6.54 Å². The van der Waals surface area contributed by atoms with Crippen molar-refractivity contribution in [2.24, 2.45) is 0 Å². The number of hydrogen-bond acceptors (Lipinski definition) is 4. The van der Waals surface area contributed by atoms with Gasteiger partial charge in [-0.05, 0) is 35.9 Å². The van der Waals surface area contributed by atoms with E-state index < -0.39 is 17.5 Å². The van der Waals surface area contributed by atoms with Crippen LogP contribution in [0.1, 0.15) is 16.1 Å². The van der Waals surface area contributed by atoms with E-state index in [2.05, 4.69) is 20.8 Å². The molecule has 1 amide bonds. The second-order valence-corrected chi connectivity index (χ2v) is 5.73. The van der Waals surface area contributed by atoms with Crippen molar-refractivity contribution in [3.8, 4) is 0 Å². The lowest BCUT2D eigenvalue weighted by Gasteiger charge is -2.08. The first-order valence-corrected chi connectivity index (χ1v) is 7.98. The molecule has 5 nitrogen and oxygen atoms in total. The Hall–Kier alpha value is -3.06. The lowest BCUT2D eigenvalue weighted by atomic mass is 10.2. The molecule has 3 aromatic rings.